The van der Waals surface area contributed by atoms with Crippen LogP contribution in [-0.4, -0.2) is 41.1 Å². The van der Waals surface area contributed by atoms with E-state index in [2.05, 4.69) is 4.98 Å². The Bertz CT molecular complexity index is 1050. The highest BCUT2D eigenvalue weighted by atomic mass is 16.5. The van der Waals surface area contributed by atoms with Crippen molar-refractivity contribution < 1.29 is 14.6 Å². The van der Waals surface area contributed by atoms with Crippen molar-refractivity contribution in [1.29, 1.82) is 0 Å². The lowest BCUT2D eigenvalue weighted by Gasteiger charge is -2.24. The minimum Gasteiger partial charge on any atom is -0.494 e. The number of aliphatic hydroxyl groups is 1. The van der Waals surface area contributed by atoms with Crippen LogP contribution in [-0.2, 0) is 5.60 Å². The zero-order valence-corrected chi connectivity index (χ0v) is 16.4. The Labute approximate surface area is 164 Å². The summed E-state index contributed by atoms with van der Waals surface area (Å²) in [5.41, 5.74) is 2.96. The van der Waals surface area contributed by atoms with Gasteiger partial charge in [0, 0.05) is 11.9 Å². The average molecular weight is 376 g/mol. The second kappa shape index (κ2) is 6.91. The van der Waals surface area contributed by atoms with Crippen LogP contribution < -0.4 is 4.74 Å². The summed E-state index contributed by atoms with van der Waals surface area (Å²) in [6.07, 6.45) is 0.523. The number of carbonyl (C=O) groups excluding carboxylic acids is 1. The molecular formula is C23H24N2O3. The zero-order chi connectivity index (χ0) is 19.9. The largest absolute Gasteiger partial charge is 0.494 e. The number of ether oxygens (including phenoxy) is 1. The number of methoxy groups -OCH3 is 1. The third-order valence-electron chi connectivity index (χ3n) is 5.57. The standard InChI is InChI=1S/C23H24N2O3/c1-15-7-9-18(10-8-15)23(27)11-12-25(14-23)22(26)19-13-17-5-4-6-20(28-3)21(17)24-16(19)2/h4-10,13,27H,11-12,14H2,1-3H3. The molecule has 1 fully saturated rings. The number of β-amino-alcohol motifs (C(OH)–C–C–N with tert-alkyl or cyclic N) is 1. The van der Waals surface area contributed by atoms with Crippen molar-refractivity contribution in [2.24, 2.45) is 0 Å². The molecule has 0 bridgehead atoms. The first-order chi connectivity index (χ1) is 13.4. The number of para-hydroxylation sites is 1. The van der Waals surface area contributed by atoms with Crippen molar-refractivity contribution in [3.05, 3.63) is 70.9 Å². The van der Waals surface area contributed by atoms with E-state index in [4.69, 9.17) is 4.74 Å². The van der Waals surface area contributed by atoms with E-state index in [1.807, 2.05) is 62.4 Å². The molecule has 3 aromatic rings. The average Bonchev–Trinajstić information content (AvgIpc) is 3.10. The van der Waals surface area contributed by atoms with Crippen molar-refractivity contribution in [3.63, 3.8) is 0 Å². The van der Waals surface area contributed by atoms with Gasteiger partial charge in [-0.3, -0.25) is 4.79 Å². The molecule has 1 unspecified atom stereocenters. The van der Waals surface area contributed by atoms with Gasteiger partial charge >= 0.3 is 0 Å². The third-order valence-corrected chi connectivity index (χ3v) is 5.57. The van der Waals surface area contributed by atoms with Gasteiger partial charge in [0.25, 0.3) is 5.91 Å². The molecule has 5 nitrogen and oxygen atoms in total. The van der Waals surface area contributed by atoms with E-state index in [1.165, 1.54) is 0 Å². The van der Waals surface area contributed by atoms with Crippen LogP contribution in [0.15, 0.2) is 48.5 Å². The van der Waals surface area contributed by atoms with Crippen LogP contribution in [0.1, 0.15) is 33.6 Å². The number of pyridine rings is 1. The molecule has 0 radical (unpaired) electrons. The van der Waals surface area contributed by atoms with Crippen molar-refractivity contribution in [3.8, 4) is 5.75 Å². The summed E-state index contributed by atoms with van der Waals surface area (Å²) in [6.45, 7) is 4.65. The van der Waals surface area contributed by atoms with Crippen LogP contribution in [0, 0.1) is 13.8 Å². The van der Waals surface area contributed by atoms with Crippen molar-refractivity contribution >= 4 is 16.8 Å². The fourth-order valence-electron chi connectivity index (χ4n) is 3.88. The first-order valence-corrected chi connectivity index (χ1v) is 9.44. The molecule has 1 aliphatic rings. The quantitative estimate of drug-likeness (QED) is 0.759. The summed E-state index contributed by atoms with van der Waals surface area (Å²) < 4.78 is 5.38. The molecule has 1 saturated heterocycles. The molecule has 1 aliphatic heterocycles. The number of benzene rings is 2. The molecule has 28 heavy (non-hydrogen) atoms. The number of fused-ring (bicyclic) bond motifs is 1. The molecule has 1 atom stereocenters. The van der Waals surface area contributed by atoms with E-state index in [9.17, 15) is 9.90 Å². The monoisotopic (exact) mass is 376 g/mol. The highest BCUT2D eigenvalue weighted by molar-refractivity contribution is 5.99. The Kier molecular flexibility index (Phi) is 4.55. The molecule has 0 spiro atoms. The Balaban J connectivity index is 1.63. The maximum atomic E-state index is 13.2. The summed E-state index contributed by atoms with van der Waals surface area (Å²) >= 11 is 0. The molecule has 2 aromatic carbocycles. The third kappa shape index (κ3) is 3.12. The fraction of sp³-hybridized carbons (Fsp3) is 0.304. The van der Waals surface area contributed by atoms with Crippen LogP contribution in [0.5, 0.6) is 5.75 Å². The van der Waals surface area contributed by atoms with Crippen LogP contribution in [0.2, 0.25) is 0 Å². The van der Waals surface area contributed by atoms with Gasteiger partial charge in [-0.25, -0.2) is 4.98 Å². The van der Waals surface area contributed by atoms with Gasteiger partial charge in [-0.1, -0.05) is 42.0 Å². The highest BCUT2D eigenvalue weighted by Gasteiger charge is 2.40. The zero-order valence-electron chi connectivity index (χ0n) is 16.4. The highest BCUT2D eigenvalue weighted by Crippen LogP contribution is 2.33. The van der Waals surface area contributed by atoms with E-state index < -0.39 is 5.60 Å². The maximum Gasteiger partial charge on any atom is 0.255 e. The lowest BCUT2D eigenvalue weighted by Crippen LogP contribution is -2.34. The molecule has 0 saturated carbocycles. The van der Waals surface area contributed by atoms with Crippen LogP contribution >= 0.6 is 0 Å². The summed E-state index contributed by atoms with van der Waals surface area (Å²) in [5.74, 6) is 0.590. The van der Waals surface area contributed by atoms with E-state index >= 15 is 0 Å². The smallest absolute Gasteiger partial charge is 0.255 e. The molecule has 1 aromatic heterocycles. The first kappa shape index (κ1) is 18.4. The molecule has 0 aliphatic carbocycles. The van der Waals surface area contributed by atoms with E-state index in [0.717, 1.165) is 22.0 Å². The van der Waals surface area contributed by atoms with Gasteiger partial charge in [0.2, 0.25) is 0 Å². The number of aryl methyl sites for hydroxylation is 2. The number of hydrogen-bond donors (Lipinski definition) is 1. The molecule has 1 N–H and O–H groups in total. The summed E-state index contributed by atoms with van der Waals surface area (Å²) in [4.78, 5) is 19.5. The number of rotatable bonds is 3. The number of likely N-dealkylation sites (tertiary alicyclic amines) is 1. The van der Waals surface area contributed by atoms with Gasteiger partial charge in [0.05, 0.1) is 24.9 Å². The maximum absolute atomic E-state index is 13.2. The molecule has 2 heterocycles. The lowest BCUT2D eigenvalue weighted by molar-refractivity contribution is 0.0417. The fourth-order valence-corrected chi connectivity index (χ4v) is 3.88. The van der Waals surface area contributed by atoms with E-state index in [-0.39, 0.29) is 12.5 Å². The van der Waals surface area contributed by atoms with Gasteiger partial charge in [0.1, 0.15) is 16.9 Å². The molecular weight excluding hydrogens is 352 g/mol. The topological polar surface area (TPSA) is 62.7 Å². The predicted molar refractivity (Wildman–Crippen MR) is 109 cm³/mol. The van der Waals surface area contributed by atoms with Crippen LogP contribution in [0.4, 0.5) is 0 Å². The first-order valence-electron chi connectivity index (χ1n) is 9.44. The summed E-state index contributed by atoms with van der Waals surface area (Å²) in [6, 6.07) is 15.4. The number of aromatic nitrogens is 1. The van der Waals surface area contributed by atoms with Crippen molar-refractivity contribution in [2.45, 2.75) is 25.9 Å². The van der Waals surface area contributed by atoms with Gasteiger partial charge in [-0.2, -0.15) is 0 Å². The van der Waals surface area contributed by atoms with E-state index in [1.54, 1.807) is 12.0 Å². The minimum atomic E-state index is -1.01. The molecule has 5 heteroatoms. The van der Waals surface area contributed by atoms with Gasteiger partial charge in [-0.05, 0) is 38.0 Å². The van der Waals surface area contributed by atoms with Crippen molar-refractivity contribution in [2.75, 3.05) is 20.2 Å². The van der Waals surface area contributed by atoms with Gasteiger partial charge < -0.3 is 14.7 Å². The Morgan fingerprint density at radius 2 is 1.93 bits per heavy atom. The Morgan fingerprint density at radius 1 is 1.18 bits per heavy atom. The summed E-state index contributed by atoms with van der Waals surface area (Å²) in [7, 11) is 1.61. The predicted octanol–water partition coefficient (Wildman–Crippen LogP) is 3.59. The number of carbonyl (C=O) groups is 1. The van der Waals surface area contributed by atoms with E-state index in [0.29, 0.717) is 30.0 Å². The second-order valence-corrected chi connectivity index (χ2v) is 7.53. The molecule has 1 amide bonds. The Hall–Kier alpha value is -2.92. The number of amides is 1. The number of nitrogens with zero attached hydrogens (tertiary/aromatic N) is 2. The second-order valence-electron chi connectivity index (χ2n) is 7.53. The normalized spacial score (nSPS) is 19.2. The van der Waals surface area contributed by atoms with Crippen molar-refractivity contribution in [1.82, 2.24) is 9.88 Å². The van der Waals surface area contributed by atoms with Crippen LogP contribution in [0.25, 0.3) is 10.9 Å². The molecule has 144 valence electrons. The summed E-state index contributed by atoms with van der Waals surface area (Å²) in [5, 5.41) is 12.0. The molecule has 4 rings (SSSR count). The lowest BCUT2D eigenvalue weighted by atomic mass is 9.92. The van der Waals surface area contributed by atoms with Gasteiger partial charge in [0.15, 0.2) is 0 Å². The Morgan fingerprint density at radius 3 is 2.64 bits per heavy atom. The van der Waals surface area contributed by atoms with Crippen LogP contribution in [0.3, 0.4) is 0 Å². The number of hydrogen-bond acceptors (Lipinski definition) is 4. The SMILES string of the molecule is COc1cccc2cc(C(=O)N3CCC(O)(c4ccc(C)cc4)C3)c(C)nc12. The minimum absolute atomic E-state index is 0.0993. The van der Waals surface area contributed by atoms with Gasteiger partial charge in [-0.15, -0.1) is 0 Å².